The monoisotopic (exact) mass is 396 g/mol. The van der Waals surface area contributed by atoms with E-state index in [2.05, 4.69) is 54.3 Å². The quantitative estimate of drug-likeness (QED) is 0.447. The maximum absolute atomic E-state index is 9.17. The lowest BCUT2D eigenvalue weighted by Gasteiger charge is -2.17. The topological polar surface area (TPSA) is 36.3 Å². The van der Waals surface area contributed by atoms with Crippen molar-refractivity contribution < 1.29 is 4.74 Å². The molecule has 3 aromatic rings. The van der Waals surface area contributed by atoms with E-state index < -0.39 is 0 Å². The Morgan fingerprint density at radius 3 is 1.97 bits per heavy atom. The van der Waals surface area contributed by atoms with Crippen LogP contribution in [0.2, 0.25) is 0 Å². The van der Waals surface area contributed by atoms with Crippen LogP contribution in [0.3, 0.4) is 0 Å². The Morgan fingerprint density at radius 1 is 0.833 bits per heavy atom. The van der Waals surface area contributed by atoms with Crippen LogP contribution in [0.4, 0.5) is 0 Å². The van der Waals surface area contributed by atoms with Crippen molar-refractivity contribution in [1.29, 1.82) is 5.26 Å². The SMILES string of the molecule is CC/C(=C(/c1ccc(C#N)cc1)c1ccc(OCCN(C)C)cc1)c1ccccc1. The van der Waals surface area contributed by atoms with Gasteiger partial charge in [0, 0.05) is 6.54 Å². The zero-order valence-electron chi connectivity index (χ0n) is 17.9. The second-order valence-corrected chi connectivity index (χ2v) is 7.44. The summed E-state index contributed by atoms with van der Waals surface area (Å²) in [6.07, 6.45) is 0.903. The highest BCUT2D eigenvalue weighted by Gasteiger charge is 2.13. The molecular formula is C27H28N2O. The van der Waals surface area contributed by atoms with Gasteiger partial charge in [0.2, 0.25) is 0 Å². The van der Waals surface area contributed by atoms with E-state index >= 15 is 0 Å². The predicted octanol–water partition coefficient (Wildman–Crippen LogP) is 5.87. The van der Waals surface area contributed by atoms with Crippen LogP contribution in [0.25, 0.3) is 11.1 Å². The first-order valence-electron chi connectivity index (χ1n) is 10.3. The molecule has 0 saturated heterocycles. The van der Waals surface area contributed by atoms with Crippen molar-refractivity contribution in [3.8, 4) is 11.8 Å². The Labute approximate surface area is 179 Å². The van der Waals surface area contributed by atoms with Gasteiger partial charge in [-0.2, -0.15) is 5.26 Å². The van der Waals surface area contributed by atoms with Crippen LogP contribution in [-0.4, -0.2) is 32.1 Å². The first-order chi connectivity index (χ1) is 14.6. The number of benzene rings is 3. The minimum atomic E-state index is 0.662. The van der Waals surface area contributed by atoms with Gasteiger partial charge < -0.3 is 9.64 Å². The van der Waals surface area contributed by atoms with E-state index in [4.69, 9.17) is 4.74 Å². The van der Waals surface area contributed by atoms with Crippen LogP contribution >= 0.6 is 0 Å². The molecule has 0 aliphatic heterocycles. The Morgan fingerprint density at radius 2 is 1.43 bits per heavy atom. The number of rotatable bonds is 8. The molecule has 0 N–H and O–H groups in total. The van der Waals surface area contributed by atoms with E-state index in [9.17, 15) is 5.26 Å². The third kappa shape index (κ3) is 5.37. The fraction of sp³-hybridized carbons (Fsp3) is 0.222. The predicted molar refractivity (Wildman–Crippen MR) is 124 cm³/mol. The highest BCUT2D eigenvalue weighted by Crippen LogP contribution is 2.35. The summed E-state index contributed by atoms with van der Waals surface area (Å²) in [4.78, 5) is 2.10. The standard InChI is InChI=1S/C27H28N2O/c1-4-26(22-8-6-5-7-9-22)27(23-12-10-21(20-28)11-13-23)24-14-16-25(17-15-24)30-19-18-29(2)3/h5-17H,4,18-19H2,1-3H3/b27-26+. The van der Waals surface area contributed by atoms with Crippen molar-refractivity contribution in [2.24, 2.45) is 0 Å². The molecule has 152 valence electrons. The molecule has 0 saturated carbocycles. The maximum Gasteiger partial charge on any atom is 0.119 e. The highest BCUT2D eigenvalue weighted by molar-refractivity contribution is 5.98. The molecule has 0 amide bonds. The molecule has 3 rings (SSSR count). The van der Waals surface area contributed by atoms with Gasteiger partial charge in [0.1, 0.15) is 12.4 Å². The van der Waals surface area contributed by atoms with Crippen molar-refractivity contribution in [3.63, 3.8) is 0 Å². The van der Waals surface area contributed by atoms with Gasteiger partial charge in [-0.1, -0.05) is 61.5 Å². The molecule has 3 nitrogen and oxygen atoms in total. The number of hydrogen-bond acceptors (Lipinski definition) is 3. The third-order valence-electron chi connectivity index (χ3n) is 5.03. The molecule has 0 unspecified atom stereocenters. The molecule has 0 heterocycles. The molecule has 0 atom stereocenters. The van der Waals surface area contributed by atoms with Gasteiger partial charge in [0.15, 0.2) is 0 Å². The van der Waals surface area contributed by atoms with Crippen LogP contribution in [0.5, 0.6) is 5.75 Å². The van der Waals surface area contributed by atoms with Gasteiger partial charge in [-0.05, 0) is 72.6 Å². The minimum absolute atomic E-state index is 0.662. The van der Waals surface area contributed by atoms with Crippen LogP contribution in [0, 0.1) is 11.3 Å². The van der Waals surface area contributed by atoms with Crippen molar-refractivity contribution in [2.45, 2.75) is 13.3 Å². The lowest BCUT2D eigenvalue weighted by atomic mass is 9.88. The Bertz CT molecular complexity index is 1010. The maximum atomic E-state index is 9.17. The summed E-state index contributed by atoms with van der Waals surface area (Å²) in [5.74, 6) is 0.873. The molecule has 30 heavy (non-hydrogen) atoms. The van der Waals surface area contributed by atoms with Gasteiger partial charge >= 0.3 is 0 Å². The fourth-order valence-electron chi connectivity index (χ4n) is 3.46. The Kier molecular flexibility index (Phi) is 7.43. The molecule has 3 heteroatoms. The Balaban J connectivity index is 2.03. The smallest absolute Gasteiger partial charge is 0.119 e. The molecule has 0 radical (unpaired) electrons. The summed E-state index contributed by atoms with van der Waals surface area (Å²) in [7, 11) is 4.08. The molecule has 0 aliphatic carbocycles. The van der Waals surface area contributed by atoms with Crippen LogP contribution in [0.1, 0.15) is 35.6 Å². The van der Waals surface area contributed by atoms with E-state index in [0.717, 1.165) is 29.8 Å². The summed E-state index contributed by atoms with van der Waals surface area (Å²) < 4.78 is 5.87. The average Bonchev–Trinajstić information content (AvgIpc) is 2.78. The summed E-state index contributed by atoms with van der Waals surface area (Å²) in [5.41, 5.74) is 6.59. The lowest BCUT2D eigenvalue weighted by molar-refractivity contribution is 0.261. The van der Waals surface area contributed by atoms with E-state index in [1.165, 1.54) is 16.7 Å². The average molecular weight is 397 g/mol. The highest BCUT2D eigenvalue weighted by atomic mass is 16.5. The molecular weight excluding hydrogens is 368 g/mol. The number of nitriles is 1. The van der Waals surface area contributed by atoms with Gasteiger partial charge in [0.25, 0.3) is 0 Å². The zero-order chi connectivity index (χ0) is 21.3. The molecule has 0 aliphatic rings. The van der Waals surface area contributed by atoms with Gasteiger partial charge in [-0.15, -0.1) is 0 Å². The summed E-state index contributed by atoms with van der Waals surface area (Å²) in [6, 6.07) is 28.8. The van der Waals surface area contributed by atoms with E-state index in [1.54, 1.807) is 0 Å². The molecule has 0 bridgehead atoms. The number of nitrogens with zero attached hydrogens (tertiary/aromatic N) is 2. The van der Waals surface area contributed by atoms with E-state index in [-0.39, 0.29) is 0 Å². The number of ether oxygens (including phenoxy) is 1. The van der Waals surface area contributed by atoms with Crippen molar-refractivity contribution in [1.82, 2.24) is 4.90 Å². The van der Waals surface area contributed by atoms with Crippen molar-refractivity contribution in [3.05, 3.63) is 101 Å². The van der Waals surface area contributed by atoms with Crippen molar-refractivity contribution in [2.75, 3.05) is 27.2 Å². The number of likely N-dealkylation sites (N-methyl/N-ethyl adjacent to an activating group) is 1. The summed E-state index contributed by atoms with van der Waals surface area (Å²) in [6.45, 7) is 3.73. The summed E-state index contributed by atoms with van der Waals surface area (Å²) in [5, 5.41) is 9.17. The molecule has 0 aromatic heterocycles. The van der Waals surface area contributed by atoms with Crippen LogP contribution in [0.15, 0.2) is 78.9 Å². The van der Waals surface area contributed by atoms with E-state index in [0.29, 0.717) is 12.2 Å². The third-order valence-corrected chi connectivity index (χ3v) is 5.03. The number of allylic oxidation sites excluding steroid dienone is 1. The zero-order valence-corrected chi connectivity index (χ0v) is 17.9. The van der Waals surface area contributed by atoms with Gasteiger partial charge in [-0.25, -0.2) is 0 Å². The lowest BCUT2D eigenvalue weighted by Crippen LogP contribution is -2.19. The summed E-state index contributed by atoms with van der Waals surface area (Å²) >= 11 is 0. The van der Waals surface area contributed by atoms with Crippen LogP contribution in [-0.2, 0) is 0 Å². The first kappa shape index (κ1) is 21.4. The van der Waals surface area contributed by atoms with E-state index in [1.807, 2.05) is 56.6 Å². The largest absolute Gasteiger partial charge is 0.492 e. The fourth-order valence-corrected chi connectivity index (χ4v) is 3.46. The number of hydrogen-bond donors (Lipinski definition) is 0. The van der Waals surface area contributed by atoms with Gasteiger partial charge in [-0.3, -0.25) is 0 Å². The second kappa shape index (κ2) is 10.4. The Hall–Kier alpha value is -3.35. The molecule has 0 spiro atoms. The second-order valence-electron chi connectivity index (χ2n) is 7.44. The van der Waals surface area contributed by atoms with Crippen molar-refractivity contribution >= 4 is 11.1 Å². The molecule has 3 aromatic carbocycles. The minimum Gasteiger partial charge on any atom is -0.492 e. The molecule has 0 fully saturated rings. The van der Waals surface area contributed by atoms with Crippen LogP contribution < -0.4 is 4.74 Å². The van der Waals surface area contributed by atoms with Gasteiger partial charge in [0.05, 0.1) is 11.6 Å². The first-order valence-corrected chi connectivity index (χ1v) is 10.3. The normalized spacial score (nSPS) is 11.7.